The molecule has 5 nitrogen and oxygen atoms in total. The Bertz CT molecular complexity index is 261. The van der Waals surface area contributed by atoms with Crippen molar-refractivity contribution in [1.29, 1.82) is 0 Å². The lowest BCUT2D eigenvalue weighted by atomic mass is 10.1. The average Bonchev–Trinajstić information content (AvgIpc) is 2.38. The van der Waals surface area contributed by atoms with Gasteiger partial charge in [-0.05, 0) is 20.3 Å². The van der Waals surface area contributed by atoms with Crippen molar-refractivity contribution in [3.05, 3.63) is 0 Å². The topological polar surface area (TPSA) is 53.0 Å². The zero-order chi connectivity index (χ0) is 13.5. The molecule has 5 heteroatoms. The predicted octanol–water partition coefficient (Wildman–Crippen LogP) is 0.892. The Morgan fingerprint density at radius 3 is 2.72 bits per heavy atom. The summed E-state index contributed by atoms with van der Waals surface area (Å²) < 4.78 is 5.39. The van der Waals surface area contributed by atoms with Gasteiger partial charge in [0.1, 0.15) is 6.04 Å². The molecule has 0 radical (unpaired) electrons. The summed E-state index contributed by atoms with van der Waals surface area (Å²) in [4.78, 5) is 15.5. The van der Waals surface area contributed by atoms with Crippen molar-refractivity contribution in [2.24, 2.45) is 0 Å². The quantitative estimate of drug-likeness (QED) is 0.687. The normalized spacial score (nSPS) is 24.1. The first kappa shape index (κ1) is 15.4. The van der Waals surface area contributed by atoms with Gasteiger partial charge in [0.15, 0.2) is 0 Å². The van der Waals surface area contributed by atoms with Crippen LogP contribution in [-0.2, 0) is 9.53 Å². The lowest BCUT2D eigenvalue weighted by molar-refractivity contribution is -0.143. The number of ether oxygens (including phenoxy) is 1. The van der Waals surface area contributed by atoms with Crippen molar-refractivity contribution in [3.8, 4) is 0 Å². The van der Waals surface area contributed by atoms with E-state index in [1.54, 1.807) is 6.92 Å². The maximum atomic E-state index is 11.0. The summed E-state index contributed by atoms with van der Waals surface area (Å²) in [5.41, 5.74) is 0. The van der Waals surface area contributed by atoms with Gasteiger partial charge in [0.25, 0.3) is 0 Å². The number of carboxylic acid groups (broad SMARTS) is 1. The number of piperazine rings is 1. The molecule has 2 unspecified atom stereocenters. The Morgan fingerprint density at radius 2 is 2.17 bits per heavy atom. The third kappa shape index (κ3) is 4.23. The van der Waals surface area contributed by atoms with Crippen molar-refractivity contribution in [1.82, 2.24) is 9.80 Å². The van der Waals surface area contributed by atoms with Crippen LogP contribution in [0, 0.1) is 0 Å². The first-order valence-corrected chi connectivity index (χ1v) is 6.88. The number of hydrogen-bond acceptors (Lipinski definition) is 4. The summed E-state index contributed by atoms with van der Waals surface area (Å²) in [7, 11) is 0. The molecule has 0 spiro atoms. The molecule has 1 fully saturated rings. The highest BCUT2D eigenvalue weighted by Gasteiger charge is 2.30. The molecule has 1 aliphatic heterocycles. The standard InChI is InChI=1S/C13H26N2O3/c1-4-12-10-15(11(3)13(16)17)7-6-14(12)8-9-18-5-2/h11-12H,4-10H2,1-3H3,(H,16,17). The van der Waals surface area contributed by atoms with Gasteiger partial charge in [0, 0.05) is 38.8 Å². The van der Waals surface area contributed by atoms with Crippen LogP contribution in [0.1, 0.15) is 27.2 Å². The highest BCUT2D eigenvalue weighted by Crippen LogP contribution is 2.15. The van der Waals surface area contributed by atoms with E-state index in [2.05, 4.69) is 16.7 Å². The molecule has 1 heterocycles. The maximum absolute atomic E-state index is 11.0. The monoisotopic (exact) mass is 258 g/mol. The fourth-order valence-electron chi connectivity index (χ4n) is 2.43. The SMILES string of the molecule is CCOCCN1CCN(C(C)C(=O)O)CC1CC. The number of carboxylic acids is 1. The molecule has 1 aliphatic rings. The van der Waals surface area contributed by atoms with Crippen LogP contribution in [0.3, 0.4) is 0 Å². The Labute approximate surface area is 110 Å². The zero-order valence-corrected chi connectivity index (χ0v) is 11.8. The molecule has 0 aromatic heterocycles. The van der Waals surface area contributed by atoms with Crippen LogP contribution in [0.2, 0.25) is 0 Å². The molecule has 0 saturated carbocycles. The first-order valence-electron chi connectivity index (χ1n) is 6.88. The lowest BCUT2D eigenvalue weighted by Crippen LogP contribution is -2.57. The summed E-state index contributed by atoms with van der Waals surface area (Å²) in [6.45, 7) is 11.0. The summed E-state index contributed by atoms with van der Waals surface area (Å²) in [5, 5.41) is 9.06. The van der Waals surface area contributed by atoms with E-state index in [9.17, 15) is 4.79 Å². The molecule has 1 saturated heterocycles. The van der Waals surface area contributed by atoms with E-state index >= 15 is 0 Å². The van der Waals surface area contributed by atoms with Gasteiger partial charge in [0.05, 0.1) is 6.61 Å². The Hall–Kier alpha value is -0.650. The van der Waals surface area contributed by atoms with E-state index in [4.69, 9.17) is 9.84 Å². The van der Waals surface area contributed by atoms with E-state index in [0.717, 1.165) is 45.8 Å². The van der Waals surface area contributed by atoms with Crippen molar-refractivity contribution in [3.63, 3.8) is 0 Å². The largest absolute Gasteiger partial charge is 0.480 e. The highest BCUT2D eigenvalue weighted by atomic mass is 16.5. The highest BCUT2D eigenvalue weighted by molar-refractivity contribution is 5.72. The van der Waals surface area contributed by atoms with Gasteiger partial charge in [0.2, 0.25) is 0 Å². The molecule has 0 aromatic rings. The van der Waals surface area contributed by atoms with Gasteiger partial charge >= 0.3 is 5.97 Å². The van der Waals surface area contributed by atoms with Crippen molar-refractivity contribution < 1.29 is 14.6 Å². The maximum Gasteiger partial charge on any atom is 0.320 e. The second kappa shape index (κ2) is 7.71. The molecular weight excluding hydrogens is 232 g/mol. The van der Waals surface area contributed by atoms with Crippen LogP contribution >= 0.6 is 0 Å². The van der Waals surface area contributed by atoms with Gasteiger partial charge in [-0.15, -0.1) is 0 Å². The summed E-state index contributed by atoms with van der Waals surface area (Å²) in [6, 6.07) is 0.0640. The van der Waals surface area contributed by atoms with Crippen LogP contribution in [0.5, 0.6) is 0 Å². The lowest BCUT2D eigenvalue weighted by Gasteiger charge is -2.42. The van der Waals surface area contributed by atoms with Crippen LogP contribution in [0.4, 0.5) is 0 Å². The van der Waals surface area contributed by atoms with Crippen LogP contribution < -0.4 is 0 Å². The van der Waals surface area contributed by atoms with Gasteiger partial charge in [-0.1, -0.05) is 6.92 Å². The van der Waals surface area contributed by atoms with Gasteiger partial charge < -0.3 is 9.84 Å². The smallest absolute Gasteiger partial charge is 0.320 e. The summed E-state index contributed by atoms with van der Waals surface area (Å²) in [6.07, 6.45) is 1.05. The second-order valence-electron chi connectivity index (χ2n) is 4.80. The fourth-order valence-corrected chi connectivity index (χ4v) is 2.43. The van der Waals surface area contributed by atoms with E-state index in [-0.39, 0.29) is 6.04 Å². The third-order valence-electron chi connectivity index (χ3n) is 3.74. The Kier molecular flexibility index (Phi) is 6.60. The van der Waals surface area contributed by atoms with E-state index in [0.29, 0.717) is 6.04 Å². The van der Waals surface area contributed by atoms with Crippen LogP contribution in [-0.4, -0.2) is 72.4 Å². The number of carbonyl (C=O) groups is 1. The second-order valence-corrected chi connectivity index (χ2v) is 4.80. The van der Waals surface area contributed by atoms with Gasteiger partial charge in [-0.3, -0.25) is 14.6 Å². The summed E-state index contributed by atoms with van der Waals surface area (Å²) in [5.74, 6) is -0.729. The molecule has 106 valence electrons. The Morgan fingerprint density at radius 1 is 1.44 bits per heavy atom. The molecule has 0 bridgehead atoms. The molecule has 0 amide bonds. The molecule has 2 atom stereocenters. The van der Waals surface area contributed by atoms with Crippen molar-refractivity contribution >= 4 is 5.97 Å². The van der Waals surface area contributed by atoms with Crippen molar-refractivity contribution in [2.45, 2.75) is 39.3 Å². The number of nitrogens with zero attached hydrogens (tertiary/aromatic N) is 2. The summed E-state index contributed by atoms with van der Waals surface area (Å²) >= 11 is 0. The van der Waals surface area contributed by atoms with Gasteiger partial charge in [-0.2, -0.15) is 0 Å². The van der Waals surface area contributed by atoms with Crippen LogP contribution in [0.25, 0.3) is 0 Å². The minimum absolute atomic E-state index is 0.381. The van der Waals surface area contributed by atoms with Crippen molar-refractivity contribution in [2.75, 3.05) is 39.4 Å². The van der Waals surface area contributed by atoms with E-state index in [1.165, 1.54) is 0 Å². The molecule has 0 aliphatic carbocycles. The molecular formula is C13H26N2O3. The average molecular weight is 258 g/mol. The van der Waals surface area contributed by atoms with Crippen LogP contribution in [0.15, 0.2) is 0 Å². The molecule has 1 rings (SSSR count). The minimum atomic E-state index is -0.729. The number of rotatable bonds is 7. The minimum Gasteiger partial charge on any atom is -0.480 e. The van der Waals surface area contributed by atoms with Gasteiger partial charge in [-0.25, -0.2) is 0 Å². The molecule has 1 N–H and O–H groups in total. The fraction of sp³-hybridized carbons (Fsp3) is 0.923. The Balaban J connectivity index is 2.46. The predicted molar refractivity (Wildman–Crippen MR) is 70.8 cm³/mol. The first-order chi connectivity index (χ1) is 8.60. The number of hydrogen-bond donors (Lipinski definition) is 1. The third-order valence-corrected chi connectivity index (χ3v) is 3.74. The number of aliphatic carboxylic acids is 1. The van der Waals surface area contributed by atoms with E-state index < -0.39 is 5.97 Å². The zero-order valence-electron chi connectivity index (χ0n) is 11.8. The molecule has 18 heavy (non-hydrogen) atoms. The van der Waals surface area contributed by atoms with E-state index in [1.807, 2.05) is 6.92 Å². The molecule has 0 aromatic carbocycles.